The van der Waals surface area contributed by atoms with Crippen molar-refractivity contribution in [2.24, 2.45) is 7.05 Å². The minimum atomic E-state index is -0.0546. The van der Waals surface area contributed by atoms with Crippen molar-refractivity contribution in [2.75, 3.05) is 44.2 Å². The first-order valence-corrected chi connectivity index (χ1v) is 8.44. The Morgan fingerprint density at radius 2 is 1.88 bits per heavy atom. The second kappa shape index (κ2) is 7.49. The first kappa shape index (κ1) is 16.5. The van der Waals surface area contributed by atoms with E-state index in [1.807, 2.05) is 19.1 Å². The van der Waals surface area contributed by atoms with Gasteiger partial charge >= 0.3 is 0 Å². The van der Waals surface area contributed by atoms with Crippen molar-refractivity contribution in [3.8, 4) is 0 Å². The van der Waals surface area contributed by atoms with Crippen LogP contribution in [0.2, 0.25) is 0 Å². The number of nitrogens with one attached hydrogen (secondary N) is 1. The molecule has 1 aromatic heterocycles. The number of piperazine rings is 1. The predicted molar refractivity (Wildman–Crippen MR) is 95.4 cm³/mol. The number of benzene rings is 1. The number of anilines is 1. The van der Waals surface area contributed by atoms with E-state index in [1.165, 1.54) is 5.69 Å². The van der Waals surface area contributed by atoms with Crippen molar-refractivity contribution in [3.05, 3.63) is 47.8 Å². The van der Waals surface area contributed by atoms with Gasteiger partial charge in [0.1, 0.15) is 5.69 Å². The first-order chi connectivity index (χ1) is 11.6. The van der Waals surface area contributed by atoms with Gasteiger partial charge in [0.25, 0.3) is 5.91 Å². The predicted octanol–water partition coefficient (Wildman–Crippen LogP) is 1.28. The molecule has 1 N–H and O–H groups in total. The van der Waals surface area contributed by atoms with Crippen molar-refractivity contribution < 1.29 is 4.79 Å². The summed E-state index contributed by atoms with van der Waals surface area (Å²) in [5.41, 5.74) is 2.76. The van der Waals surface area contributed by atoms with E-state index in [0.29, 0.717) is 12.2 Å². The highest BCUT2D eigenvalue weighted by molar-refractivity contribution is 5.92. The molecular formula is C18H25N5O. The van der Waals surface area contributed by atoms with Gasteiger partial charge in [0.2, 0.25) is 0 Å². The van der Waals surface area contributed by atoms with Gasteiger partial charge < -0.3 is 10.2 Å². The molecule has 1 fully saturated rings. The first-order valence-electron chi connectivity index (χ1n) is 8.44. The summed E-state index contributed by atoms with van der Waals surface area (Å²) in [4.78, 5) is 17.0. The third-order valence-corrected chi connectivity index (χ3v) is 4.44. The average Bonchev–Trinajstić information content (AvgIpc) is 2.95. The molecule has 1 amide bonds. The number of rotatable bonds is 5. The lowest BCUT2D eigenvalue weighted by Crippen LogP contribution is -2.48. The SMILES string of the molecule is Cc1cc(C(=O)NCCN2CCN(c3ccccc3)CC2)n(C)n1. The lowest BCUT2D eigenvalue weighted by atomic mass is 10.2. The molecule has 0 aliphatic carbocycles. The van der Waals surface area contributed by atoms with Crippen molar-refractivity contribution in [1.29, 1.82) is 0 Å². The summed E-state index contributed by atoms with van der Waals surface area (Å²) in [6, 6.07) is 12.3. The normalized spacial score (nSPS) is 15.5. The maximum Gasteiger partial charge on any atom is 0.269 e. The summed E-state index contributed by atoms with van der Waals surface area (Å²) < 4.78 is 1.63. The second-order valence-corrected chi connectivity index (χ2v) is 6.21. The number of aromatic nitrogens is 2. The van der Waals surface area contributed by atoms with Crippen LogP contribution in [0.5, 0.6) is 0 Å². The Balaban J connectivity index is 1.41. The molecule has 0 spiro atoms. The summed E-state index contributed by atoms with van der Waals surface area (Å²) in [6.45, 7) is 7.53. The average molecular weight is 327 g/mol. The zero-order valence-electron chi connectivity index (χ0n) is 14.4. The number of amides is 1. The van der Waals surface area contributed by atoms with Gasteiger partial charge in [-0.25, -0.2) is 0 Å². The molecule has 0 radical (unpaired) electrons. The van der Waals surface area contributed by atoms with Gasteiger partial charge in [0.05, 0.1) is 5.69 Å². The molecule has 24 heavy (non-hydrogen) atoms. The van der Waals surface area contributed by atoms with Gasteiger partial charge in [0, 0.05) is 52.0 Å². The Kier molecular flexibility index (Phi) is 5.15. The van der Waals surface area contributed by atoms with E-state index in [9.17, 15) is 4.79 Å². The molecule has 3 rings (SSSR count). The van der Waals surface area contributed by atoms with E-state index in [0.717, 1.165) is 38.4 Å². The molecule has 0 bridgehead atoms. The van der Waals surface area contributed by atoms with Gasteiger partial charge in [-0.1, -0.05) is 18.2 Å². The maximum atomic E-state index is 12.2. The quantitative estimate of drug-likeness (QED) is 0.899. The molecule has 2 aromatic rings. The molecule has 0 atom stereocenters. The fourth-order valence-electron chi connectivity index (χ4n) is 3.11. The van der Waals surface area contributed by atoms with E-state index in [1.54, 1.807) is 11.7 Å². The summed E-state index contributed by atoms with van der Waals surface area (Å²) in [5, 5.41) is 7.20. The summed E-state index contributed by atoms with van der Waals surface area (Å²) in [7, 11) is 1.80. The van der Waals surface area contributed by atoms with Gasteiger partial charge in [-0.05, 0) is 25.1 Å². The van der Waals surface area contributed by atoms with Crippen molar-refractivity contribution in [2.45, 2.75) is 6.92 Å². The highest BCUT2D eigenvalue weighted by Crippen LogP contribution is 2.15. The molecule has 1 saturated heterocycles. The van der Waals surface area contributed by atoms with E-state index in [-0.39, 0.29) is 5.91 Å². The monoisotopic (exact) mass is 327 g/mol. The Bertz CT molecular complexity index is 674. The summed E-state index contributed by atoms with van der Waals surface area (Å²) >= 11 is 0. The van der Waals surface area contributed by atoms with Gasteiger partial charge in [0.15, 0.2) is 0 Å². The minimum absolute atomic E-state index is 0.0546. The number of hydrogen-bond donors (Lipinski definition) is 1. The molecule has 0 saturated carbocycles. The number of aryl methyl sites for hydroxylation is 2. The fraction of sp³-hybridized carbons (Fsp3) is 0.444. The summed E-state index contributed by atoms with van der Waals surface area (Å²) in [6.07, 6.45) is 0. The highest BCUT2D eigenvalue weighted by Gasteiger charge is 2.17. The largest absolute Gasteiger partial charge is 0.369 e. The minimum Gasteiger partial charge on any atom is -0.369 e. The molecule has 128 valence electrons. The molecule has 2 heterocycles. The van der Waals surface area contributed by atoms with Crippen LogP contribution in [0.25, 0.3) is 0 Å². The van der Waals surface area contributed by atoms with Crippen LogP contribution in [0.15, 0.2) is 36.4 Å². The van der Waals surface area contributed by atoms with Crippen molar-refractivity contribution >= 4 is 11.6 Å². The van der Waals surface area contributed by atoms with Crippen LogP contribution in [0.3, 0.4) is 0 Å². The van der Waals surface area contributed by atoms with E-state index < -0.39 is 0 Å². The van der Waals surface area contributed by atoms with E-state index in [2.05, 4.69) is 44.5 Å². The van der Waals surface area contributed by atoms with E-state index in [4.69, 9.17) is 0 Å². The molecule has 6 heteroatoms. The molecule has 1 aliphatic rings. The van der Waals surface area contributed by atoms with Crippen LogP contribution in [-0.2, 0) is 7.05 Å². The van der Waals surface area contributed by atoms with Crippen LogP contribution in [0.1, 0.15) is 16.2 Å². The molecule has 1 aromatic carbocycles. The maximum absolute atomic E-state index is 12.2. The van der Waals surface area contributed by atoms with Crippen LogP contribution < -0.4 is 10.2 Å². The third-order valence-electron chi connectivity index (χ3n) is 4.44. The van der Waals surface area contributed by atoms with Gasteiger partial charge in [-0.15, -0.1) is 0 Å². The number of hydrogen-bond acceptors (Lipinski definition) is 4. The number of carbonyl (C=O) groups excluding carboxylic acids is 1. The molecule has 6 nitrogen and oxygen atoms in total. The number of carbonyl (C=O) groups is 1. The standard InChI is InChI=1S/C18H25N5O/c1-15-14-17(21(2)20-15)18(24)19-8-9-22-10-12-23(13-11-22)16-6-4-3-5-7-16/h3-7,14H,8-13H2,1-2H3,(H,19,24). The van der Waals surface area contributed by atoms with Crippen LogP contribution >= 0.6 is 0 Å². The van der Waals surface area contributed by atoms with Crippen LogP contribution in [0.4, 0.5) is 5.69 Å². The zero-order chi connectivity index (χ0) is 16.9. The Morgan fingerprint density at radius 1 is 1.17 bits per heavy atom. The fourth-order valence-corrected chi connectivity index (χ4v) is 3.11. The Morgan fingerprint density at radius 3 is 2.50 bits per heavy atom. The Hall–Kier alpha value is -2.34. The summed E-state index contributed by atoms with van der Waals surface area (Å²) in [5.74, 6) is -0.0546. The Labute approximate surface area is 143 Å². The highest BCUT2D eigenvalue weighted by atomic mass is 16.2. The zero-order valence-corrected chi connectivity index (χ0v) is 14.4. The third kappa shape index (κ3) is 3.94. The number of para-hydroxylation sites is 1. The van der Waals surface area contributed by atoms with E-state index >= 15 is 0 Å². The van der Waals surface area contributed by atoms with Gasteiger partial charge in [-0.3, -0.25) is 14.4 Å². The number of nitrogens with zero attached hydrogens (tertiary/aromatic N) is 4. The lowest BCUT2D eigenvalue weighted by Gasteiger charge is -2.36. The molecular weight excluding hydrogens is 302 g/mol. The van der Waals surface area contributed by atoms with Crippen molar-refractivity contribution in [1.82, 2.24) is 20.0 Å². The van der Waals surface area contributed by atoms with Crippen molar-refractivity contribution in [3.63, 3.8) is 0 Å². The molecule has 0 unspecified atom stereocenters. The van der Waals surface area contributed by atoms with Crippen LogP contribution in [0, 0.1) is 6.92 Å². The van der Waals surface area contributed by atoms with Crippen LogP contribution in [-0.4, -0.2) is 59.9 Å². The lowest BCUT2D eigenvalue weighted by molar-refractivity contribution is 0.0938. The topological polar surface area (TPSA) is 53.4 Å². The van der Waals surface area contributed by atoms with Gasteiger partial charge in [-0.2, -0.15) is 5.10 Å². The molecule has 1 aliphatic heterocycles. The smallest absolute Gasteiger partial charge is 0.269 e. The second-order valence-electron chi connectivity index (χ2n) is 6.21.